The van der Waals surface area contributed by atoms with Crippen LogP contribution in [0.1, 0.15) is 118 Å². The van der Waals surface area contributed by atoms with Gasteiger partial charge in [-0.25, -0.2) is 0 Å². The Bertz CT molecular complexity index is 3670. The molecule has 5 aromatic carbocycles. The summed E-state index contributed by atoms with van der Waals surface area (Å²) in [5.41, 5.74) is 1.88. The van der Waals surface area contributed by atoms with Crippen LogP contribution >= 0.6 is 0 Å². The molecule has 0 aliphatic carbocycles. The van der Waals surface area contributed by atoms with Gasteiger partial charge < -0.3 is 65.8 Å². The molecule has 38 heteroatoms. The molecular formula is C70H126N2O20Si16. The predicted octanol–water partition coefficient (Wildman–Crippen LogP) is 19.4. The van der Waals surface area contributed by atoms with Crippen molar-refractivity contribution in [1.82, 2.24) is 9.80 Å². The fourth-order valence-electron chi connectivity index (χ4n) is 19.7. The van der Waals surface area contributed by atoms with E-state index < -0.39 is 149 Å². The molecule has 0 spiro atoms. The van der Waals surface area contributed by atoms with Crippen molar-refractivity contribution in [2.75, 3.05) is 0 Å². The van der Waals surface area contributed by atoms with Gasteiger partial charge in [0.15, 0.2) is 0 Å². The second kappa shape index (κ2) is 30.5. The summed E-state index contributed by atoms with van der Waals surface area (Å²) >= 11 is 0. The first-order valence-electron chi connectivity index (χ1n) is 39.4. The van der Waals surface area contributed by atoms with Crippen LogP contribution in [0.5, 0.6) is 0 Å². The van der Waals surface area contributed by atoms with Gasteiger partial charge in [0.05, 0.1) is 0 Å². The van der Waals surface area contributed by atoms with Crippen LogP contribution in [0.3, 0.4) is 0 Å². The number of benzene rings is 5. The molecule has 6 aliphatic rings. The molecule has 0 radical (unpaired) electrons. The number of imide groups is 2. The quantitative estimate of drug-likeness (QED) is 0.0206. The SMILES string of the molecule is C[Si]1(C)O[Si](C)(C)O[Si](C)(CCCCC(CCCC[Si]2(C)O[Si](C)(C)O[Si](C)(C)O[Si](C)(C)O2)N2C(=O)c3ccc4c5ccc6c7c(ccc(c8ccc(c3c48)C2=O)c75)C(=O)N(C(CCCC[Si]2(C)O[Si](C)(C)O[Si](C)(C)O[Si](C)(C)O2)CCCC[Si]2(C)O[Si](C)(C)O[Si](C)(C)O[Si](C)(C)O2)C6=O)O[Si](C)(C)O1. The summed E-state index contributed by atoms with van der Waals surface area (Å²) in [5.74, 6) is -1.28. The summed E-state index contributed by atoms with van der Waals surface area (Å²) in [4.78, 5) is 66.0. The van der Waals surface area contributed by atoms with E-state index in [-0.39, 0.29) is 23.6 Å². The third-order valence-electron chi connectivity index (χ3n) is 20.7. The molecule has 0 saturated carbocycles. The Balaban J connectivity index is 0.885. The normalized spacial score (nSPS) is 25.5. The van der Waals surface area contributed by atoms with Crippen molar-refractivity contribution in [2.24, 2.45) is 0 Å². The summed E-state index contributed by atoms with van der Waals surface area (Å²) in [6, 6.07) is 17.5. The maximum Gasteiger partial charge on any atom is 0.317 e. The summed E-state index contributed by atoms with van der Waals surface area (Å²) in [6.45, 7) is 58.5. The lowest BCUT2D eigenvalue weighted by atomic mass is 9.81. The Morgan fingerprint density at radius 2 is 0.380 bits per heavy atom. The second-order valence-corrected chi connectivity index (χ2v) is 95.1. The zero-order chi connectivity index (χ0) is 79.8. The summed E-state index contributed by atoms with van der Waals surface area (Å²) in [6.07, 6.45) is 8.28. The molecule has 108 heavy (non-hydrogen) atoms. The number of hydrogen-bond acceptors (Lipinski definition) is 20. The van der Waals surface area contributed by atoms with E-state index in [1.165, 1.54) is 0 Å². The first-order chi connectivity index (χ1) is 49.3. The lowest BCUT2D eigenvalue weighted by Crippen LogP contribution is -2.65. The Morgan fingerprint density at radius 3 is 0.546 bits per heavy atom. The van der Waals surface area contributed by atoms with Crippen molar-refractivity contribution in [3.05, 3.63) is 70.8 Å². The highest BCUT2D eigenvalue weighted by Gasteiger charge is 2.57. The van der Waals surface area contributed by atoms with E-state index in [4.69, 9.17) is 65.8 Å². The van der Waals surface area contributed by atoms with E-state index in [1.807, 2.05) is 48.5 Å². The van der Waals surface area contributed by atoms with Crippen LogP contribution in [0, 0.1) is 0 Å². The smallest absolute Gasteiger partial charge is 0.317 e. The second-order valence-electron chi connectivity index (χ2n) is 37.4. The number of fused-ring (bicyclic) bond motifs is 2. The van der Waals surface area contributed by atoms with Gasteiger partial charge in [0, 0.05) is 45.1 Å². The zero-order valence-corrected chi connectivity index (χ0v) is 86.1. The minimum atomic E-state index is -2.83. The number of rotatable bonds is 22. The molecule has 6 heterocycles. The molecule has 0 unspecified atom stereocenters. The minimum Gasteiger partial charge on any atom is -0.416 e. The Labute approximate surface area is 660 Å². The maximum absolute atomic E-state index is 15.7. The molecule has 0 bridgehead atoms. The van der Waals surface area contributed by atoms with Gasteiger partial charge in [0.25, 0.3) is 23.6 Å². The van der Waals surface area contributed by atoms with Crippen LogP contribution in [0.2, 0.25) is 207 Å². The molecule has 22 nitrogen and oxygen atoms in total. The van der Waals surface area contributed by atoms with E-state index in [0.717, 1.165) is 83.7 Å². The van der Waals surface area contributed by atoms with Crippen molar-refractivity contribution < 1.29 is 85.0 Å². The molecule has 0 atom stereocenters. The van der Waals surface area contributed by atoms with Gasteiger partial charge in [-0.15, -0.1) is 0 Å². The van der Waals surface area contributed by atoms with E-state index in [9.17, 15) is 0 Å². The van der Waals surface area contributed by atoms with Crippen molar-refractivity contribution in [3.8, 4) is 0 Å². The average Bonchev–Trinajstić information content (AvgIpc) is 0.687. The highest BCUT2D eigenvalue weighted by atomic mass is 28.6. The largest absolute Gasteiger partial charge is 0.416 e. The predicted molar refractivity (Wildman–Crippen MR) is 464 cm³/mol. The topological polar surface area (TPSA) is 222 Å². The van der Waals surface area contributed by atoms with Gasteiger partial charge in [0.1, 0.15) is 0 Å². The molecule has 5 aromatic rings. The standard InChI is InChI=1S/C70H126N2O20Si16/c1-93(2)77-97(9,10)85-105(25,86-98(11,12)78-93)49-33-29-37-53(38-30-34-50-106(26)87-99(13,14)79-94(3,4)80-100(15,16)88-106)71-67(73)59-45-41-55-57-43-47-61-66-62(48-44-58(64(57)66)56-42-46-60(68(71)74)65(59)63(55)56)70(76)72(69(61)75)54(39-31-35-51-107(27)89-101(17,18)81-95(5,6)82-102(19,20)90-107)40-32-36-52-108(28)91-103(21,22)83-96(7,8)84-104(23,24)92-108/h41-48,53-54H,29-40,49-52H2,1-28H3. The first kappa shape index (κ1) is 87.3. The van der Waals surface area contributed by atoms with Crippen LogP contribution in [-0.2, 0) is 65.8 Å². The minimum absolute atomic E-state index is 0.320. The van der Waals surface area contributed by atoms with E-state index in [2.05, 4.69) is 183 Å². The number of nitrogens with zero attached hydrogens (tertiary/aromatic N) is 2. The van der Waals surface area contributed by atoms with Crippen molar-refractivity contribution in [3.63, 3.8) is 0 Å². The highest BCUT2D eigenvalue weighted by molar-refractivity contribution is 6.96. The monoisotopic (exact) mass is 1760 g/mol. The van der Waals surface area contributed by atoms with Gasteiger partial charge in [-0.3, -0.25) is 29.0 Å². The number of amides is 4. The van der Waals surface area contributed by atoms with E-state index >= 15 is 19.2 Å². The van der Waals surface area contributed by atoms with Gasteiger partial charge in [0.2, 0.25) is 0 Å². The lowest BCUT2D eigenvalue weighted by molar-refractivity contribution is 0.0502. The zero-order valence-electron chi connectivity index (χ0n) is 70.1. The fourth-order valence-corrected chi connectivity index (χ4v) is 106. The van der Waals surface area contributed by atoms with Crippen molar-refractivity contribution in [1.29, 1.82) is 0 Å². The van der Waals surface area contributed by atoms with Gasteiger partial charge in [-0.2, -0.15) is 0 Å². The molecule has 11 rings (SSSR count). The number of carbonyl (C=O) groups excluding carboxylic acids is 4. The molecule has 6 aliphatic heterocycles. The van der Waals surface area contributed by atoms with Crippen LogP contribution in [0.4, 0.5) is 0 Å². The molecule has 0 N–H and O–H groups in total. The van der Waals surface area contributed by atoms with Gasteiger partial charge >= 0.3 is 137 Å². The van der Waals surface area contributed by atoms with Crippen LogP contribution in [-0.4, -0.2) is 182 Å². The molecule has 0 aromatic heterocycles. The molecule has 4 amide bonds. The Hall–Kier alpha value is -1.49. The van der Waals surface area contributed by atoms with Gasteiger partial charge in [-0.1, -0.05) is 75.6 Å². The molecular weight excluding hydrogens is 1640 g/mol. The fraction of sp³-hybridized carbons (Fsp3) is 0.657. The maximum atomic E-state index is 15.7. The number of hydrogen-bond donors (Lipinski definition) is 0. The summed E-state index contributed by atoms with van der Waals surface area (Å²) in [5, 5.41) is 6.21. The van der Waals surface area contributed by atoms with Gasteiger partial charge in [-0.05, 0) is 290 Å². The third-order valence-corrected chi connectivity index (χ3v) is 86.8. The lowest BCUT2D eigenvalue weighted by Gasteiger charge is -2.47. The van der Waals surface area contributed by atoms with Crippen LogP contribution in [0.15, 0.2) is 48.5 Å². The number of unbranched alkanes of at least 4 members (excludes halogenated alkanes) is 4. The van der Waals surface area contributed by atoms with Crippen LogP contribution < -0.4 is 0 Å². The van der Waals surface area contributed by atoms with Crippen LogP contribution in [0.25, 0.3) is 43.1 Å². The van der Waals surface area contributed by atoms with E-state index in [0.29, 0.717) is 82.9 Å². The molecule has 4 saturated heterocycles. The van der Waals surface area contributed by atoms with Crippen molar-refractivity contribution >= 4 is 204 Å². The highest BCUT2D eigenvalue weighted by Crippen LogP contribution is 2.49. The number of carbonyl (C=O) groups is 4. The Morgan fingerprint density at radius 1 is 0.222 bits per heavy atom. The summed E-state index contributed by atoms with van der Waals surface area (Å²) < 4.78 is 110. The molecule has 4 fully saturated rings. The van der Waals surface area contributed by atoms with Crippen molar-refractivity contribution in [2.45, 2.75) is 297 Å². The Kier molecular flexibility index (Phi) is 24.6. The third kappa shape index (κ3) is 20.4. The summed E-state index contributed by atoms with van der Waals surface area (Å²) in [7, 11) is -42.4. The average molecular weight is 1770 g/mol. The van der Waals surface area contributed by atoms with E-state index in [1.54, 1.807) is 9.80 Å². The molecule has 600 valence electrons. The first-order valence-corrected chi connectivity index (χ1v) is 83.3.